The van der Waals surface area contributed by atoms with Crippen LogP contribution in [0.3, 0.4) is 0 Å². The maximum absolute atomic E-state index is 9.97. The Balaban J connectivity index is 3.32. The standard InChI is InChI=1S/C24H51NO4/c1-3-4-14-23(2)15-12-10-8-6-5-7-9-11-13-20-29-22-24(28)21-25(16-18-26)17-19-27/h23-24,26-28H,3-22H2,1-2H3. The second-order valence-corrected chi connectivity index (χ2v) is 8.69. The molecule has 29 heavy (non-hydrogen) atoms. The van der Waals surface area contributed by atoms with Gasteiger partial charge in [-0.1, -0.05) is 90.9 Å². The van der Waals surface area contributed by atoms with Gasteiger partial charge in [-0.15, -0.1) is 0 Å². The van der Waals surface area contributed by atoms with E-state index < -0.39 is 6.10 Å². The van der Waals surface area contributed by atoms with Crippen molar-refractivity contribution in [2.75, 3.05) is 46.1 Å². The zero-order valence-electron chi connectivity index (χ0n) is 19.5. The summed E-state index contributed by atoms with van der Waals surface area (Å²) >= 11 is 0. The van der Waals surface area contributed by atoms with Gasteiger partial charge in [0.25, 0.3) is 0 Å². The number of hydrogen-bond acceptors (Lipinski definition) is 5. The van der Waals surface area contributed by atoms with Crippen molar-refractivity contribution >= 4 is 0 Å². The van der Waals surface area contributed by atoms with Crippen LogP contribution < -0.4 is 0 Å². The van der Waals surface area contributed by atoms with Gasteiger partial charge in [0.15, 0.2) is 0 Å². The molecule has 2 unspecified atom stereocenters. The molecule has 0 spiro atoms. The van der Waals surface area contributed by atoms with E-state index in [2.05, 4.69) is 13.8 Å². The van der Waals surface area contributed by atoms with Crippen LogP contribution in [0.25, 0.3) is 0 Å². The molecule has 0 bridgehead atoms. The number of ether oxygens (including phenoxy) is 1. The third kappa shape index (κ3) is 20.8. The Kier molecular flexibility index (Phi) is 22.3. The minimum Gasteiger partial charge on any atom is -0.395 e. The largest absolute Gasteiger partial charge is 0.395 e. The molecule has 0 aromatic heterocycles. The molecule has 0 fully saturated rings. The molecule has 0 aromatic carbocycles. The fourth-order valence-corrected chi connectivity index (χ4v) is 3.78. The van der Waals surface area contributed by atoms with E-state index in [1.807, 2.05) is 4.90 Å². The number of rotatable bonds is 23. The fourth-order valence-electron chi connectivity index (χ4n) is 3.78. The first-order chi connectivity index (χ1) is 14.1. The van der Waals surface area contributed by atoms with Crippen molar-refractivity contribution in [3.63, 3.8) is 0 Å². The van der Waals surface area contributed by atoms with Gasteiger partial charge in [0, 0.05) is 26.2 Å². The lowest BCUT2D eigenvalue weighted by Crippen LogP contribution is -2.38. The first kappa shape index (κ1) is 28.8. The molecule has 5 heteroatoms. The van der Waals surface area contributed by atoms with Crippen LogP contribution in [0, 0.1) is 5.92 Å². The molecule has 0 aromatic rings. The Hall–Kier alpha value is -0.200. The summed E-state index contributed by atoms with van der Waals surface area (Å²) in [5.74, 6) is 0.915. The average molecular weight is 418 g/mol. The summed E-state index contributed by atoms with van der Waals surface area (Å²) in [7, 11) is 0. The van der Waals surface area contributed by atoms with Crippen LogP contribution in [0.4, 0.5) is 0 Å². The van der Waals surface area contributed by atoms with E-state index in [1.165, 1.54) is 77.0 Å². The topological polar surface area (TPSA) is 73.2 Å². The van der Waals surface area contributed by atoms with Gasteiger partial charge in [0.1, 0.15) is 0 Å². The molecule has 176 valence electrons. The molecule has 0 heterocycles. The predicted octanol–water partition coefficient (Wildman–Crippen LogP) is 4.38. The zero-order chi connectivity index (χ0) is 21.6. The van der Waals surface area contributed by atoms with Gasteiger partial charge >= 0.3 is 0 Å². The first-order valence-electron chi connectivity index (χ1n) is 12.3. The molecule has 5 nitrogen and oxygen atoms in total. The Morgan fingerprint density at radius 2 is 1.28 bits per heavy atom. The fraction of sp³-hybridized carbons (Fsp3) is 1.00. The molecule has 0 aliphatic carbocycles. The van der Waals surface area contributed by atoms with Crippen molar-refractivity contribution < 1.29 is 20.1 Å². The minimum atomic E-state index is -0.567. The number of hydrogen-bond donors (Lipinski definition) is 3. The second-order valence-electron chi connectivity index (χ2n) is 8.69. The summed E-state index contributed by atoms with van der Waals surface area (Å²) < 4.78 is 5.57. The number of unbranched alkanes of at least 4 members (excludes halogenated alkanes) is 9. The summed E-state index contributed by atoms with van der Waals surface area (Å²) in [6, 6.07) is 0. The van der Waals surface area contributed by atoms with Crippen LogP contribution in [-0.4, -0.2) is 72.4 Å². The maximum Gasteiger partial charge on any atom is 0.0900 e. The van der Waals surface area contributed by atoms with E-state index in [9.17, 15) is 5.11 Å². The smallest absolute Gasteiger partial charge is 0.0900 e. The molecule has 2 atom stereocenters. The van der Waals surface area contributed by atoms with Crippen LogP contribution >= 0.6 is 0 Å². The van der Waals surface area contributed by atoms with Gasteiger partial charge in [-0.3, -0.25) is 4.90 Å². The van der Waals surface area contributed by atoms with Crippen LogP contribution in [0.5, 0.6) is 0 Å². The third-order valence-corrected chi connectivity index (χ3v) is 5.65. The van der Waals surface area contributed by atoms with Crippen molar-refractivity contribution in [1.29, 1.82) is 0 Å². The molecular weight excluding hydrogens is 366 g/mol. The monoisotopic (exact) mass is 417 g/mol. The van der Waals surface area contributed by atoms with E-state index in [0.29, 0.717) is 32.8 Å². The molecular formula is C24H51NO4. The SMILES string of the molecule is CCCCC(C)CCCCCCCCCCCOCC(O)CN(CCO)CCO. The highest BCUT2D eigenvalue weighted by molar-refractivity contribution is 4.64. The minimum absolute atomic E-state index is 0.0336. The van der Waals surface area contributed by atoms with E-state index >= 15 is 0 Å². The second kappa shape index (κ2) is 22.5. The Morgan fingerprint density at radius 3 is 1.83 bits per heavy atom. The van der Waals surface area contributed by atoms with Crippen LogP contribution in [0.2, 0.25) is 0 Å². The molecule has 0 aliphatic heterocycles. The normalized spacial score (nSPS) is 13.9. The number of nitrogens with zero attached hydrogens (tertiary/aromatic N) is 1. The number of aliphatic hydroxyl groups excluding tert-OH is 3. The van der Waals surface area contributed by atoms with Gasteiger partial charge < -0.3 is 20.1 Å². The Bertz CT molecular complexity index is 311. The van der Waals surface area contributed by atoms with Crippen LogP contribution in [0.1, 0.15) is 97.3 Å². The van der Waals surface area contributed by atoms with Gasteiger partial charge in [-0.2, -0.15) is 0 Å². The van der Waals surface area contributed by atoms with Gasteiger partial charge in [-0.25, -0.2) is 0 Å². The highest BCUT2D eigenvalue weighted by atomic mass is 16.5. The van der Waals surface area contributed by atoms with E-state index in [-0.39, 0.29) is 13.2 Å². The van der Waals surface area contributed by atoms with Crippen LogP contribution in [0.15, 0.2) is 0 Å². The summed E-state index contributed by atoms with van der Waals surface area (Å²) in [6.45, 7) is 7.14. The summed E-state index contributed by atoms with van der Waals surface area (Å²) in [4.78, 5) is 1.85. The van der Waals surface area contributed by atoms with Gasteiger partial charge in [-0.05, 0) is 12.3 Å². The lowest BCUT2D eigenvalue weighted by molar-refractivity contribution is 0.0103. The molecule has 0 saturated heterocycles. The molecule has 0 saturated carbocycles. The lowest BCUT2D eigenvalue weighted by atomic mass is 9.97. The van der Waals surface area contributed by atoms with Crippen molar-refractivity contribution in [2.24, 2.45) is 5.92 Å². The lowest BCUT2D eigenvalue weighted by Gasteiger charge is -2.23. The van der Waals surface area contributed by atoms with E-state index in [1.54, 1.807) is 0 Å². The van der Waals surface area contributed by atoms with Gasteiger partial charge in [0.05, 0.1) is 25.9 Å². The molecule has 0 rings (SSSR count). The maximum atomic E-state index is 9.97. The summed E-state index contributed by atoms with van der Waals surface area (Å²) in [6.07, 6.45) is 16.8. The van der Waals surface area contributed by atoms with Crippen molar-refractivity contribution in [3.8, 4) is 0 Å². The highest BCUT2D eigenvalue weighted by Gasteiger charge is 2.11. The third-order valence-electron chi connectivity index (χ3n) is 5.65. The summed E-state index contributed by atoms with van der Waals surface area (Å²) in [5, 5.41) is 27.9. The molecule has 0 aliphatic rings. The van der Waals surface area contributed by atoms with Crippen LogP contribution in [-0.2, 0) is 4.74 Å². The predicted molar refractivity (Wildman–Crippen MR) is 122 cm³/mol. The Morgan fingerprint density at radius 1 is 0.759 bits per heavy atom. The molecule has 0 amide bonds. The average Bonchev–Trinajstić information content (AvgIpc) is 2.70. The van der Waals surface area contributed by atoms with Crippen molar-refractivity contribution in [3.05, 3.63) is 0 Å². The molecule has 0 radical (unpaired) electrons. The zero-order valence-corrected chi connectivity index (χ0v) is 19.5. The molecule has 3 N–H and O–H groups in total. The van der Waals surface area contributed by atoms with Crippen molar-refractivity contribution in [1.82, 2.24) is 4.90 Å². The van der Waals surface area contributed by atoms with Gasteiger partial charge in [0.2, 0.25) is 0 Å². The van der Waals surface area contributed by atoms with Crippen molar-refractivity contribution in [2.45, 2.75) is 103 Å². The summed E-state index contributed by atoms with van der Waals surface area (Å²) in [5.41, 5.74) is 0. The number of aliphatic hydroxyl groups is 3. The van der Waals surface area contributed by atoms with E-state index in [0.717, 1.165) is 12.3 Å². The first-order valence-corrected chi connectivity index (χ1v) is 12.3. The quantitative estimate of drug-likeness (QED) is 0.215. The highest BCUT2D eigenvalue weighted by Crippen LogP contribution is 2.17. The Labute approximate surface area is 180 Å². The van der Waals surface area contributed by atoms with E-state index in [4.69, 9.17) is 14.9 Å².